The highest BCUT2D eigenvalue weighted by molar-refractivity contribution is 9.10. The van der Waals surface area contributed by atoms with Gasteiger partial charge in [-0.3, -0.25) is 9.59 Å². The second kappa shape index (κ2) is 8.51. The fraction of sp³-hybridized carbons (Fsp3) is 0.0870. The van der Waals surface area contributed by atoms with Crippen molar-refractivity contribution in [2.45, 2.75) is 13.5 Å². The first-order valence-electron chi connectivity index (χ1n) is 9.38. The summed E-state index contributed by atoms with van der Waals surface area (Å²) in [6.45, 7) is 2.19. The number of carbonyl (C=O) groups is 2. The van der Waals surface area contributed by atoms with E-state index in [9.17, 15) is 9.59 Å². The van der Waals surface area contributed by atoms with Crippen LogP contribution in [0.25, 0.3) is 5.65 Å². The smallest absolute Gasteiger partial charge is 0.255 e. The Balaban J connectivity index is 1.46. The van der Waals surface area contributed by atoms with Crippen molar-refractivity contribution in [1.82, 2.24) is 14.7 Å². The van der Waals surface area contributed by atoms with E-state index in [0.717, 1.165) is 21.4 Å². The maximum atomic E-state index is 12.6. The summed E-state index contributed by atoms with van der Waals surface area (Å²) in [6.07, 6.45) is 3.79. The van der Waals surface area contributed by atoms with E-state index in [-0.39, 0.29) is 11.8 Å². The lowest BCUT2D eigenvalue weighted by Gasteiger charge is -2.11. The lowest BCUT2D eigenvalue weighted by molar-refractivity contribution is 0.0949. The number of aromatic nitrogens is 2. The number of hydrogen-bond donors (Lipinski definition) is 2. The van der Waals surface area contributed by atoms with Crippen LogP contribution < -0.4 is 10.6 Å². The fourth-order valence-electron chi connectivity index (χ4n) is 3.06. The van der Waals surface area contributed by atoms with Gasteiger partial charge in [0.1, 0.15) is 5.65 Å². The molecule has 2 aromatic heterocycles. The molecule has 0 aliphatic heterocycles. The van der Waals surface area contributed by atoms with E-state index < -0.39 is 0 Å². The second-order valence-corrected chi connectivity index (χ2v) is 7.79. The molecule has 0 bridgehead atoms. The van der Waals surface area contributed by atoms with Crippen LogP contribution in [0.1, 0.15) is 32.0 Å². The number of halogens is 1. The van der Waals surface area contributed by atoms with Crippen LogP contribution in [-0.2, 0) is 6.54 Å². The van der Waals surface area contributed by atoms with E-state index in [1.54, 1.807) is 24.3 Å². The Kier molecular flexibility index (Phi) is 5.63. The Labute approximate surface area is 182 Å². The van der Waals surface area contributed by atoms with Crippen molar-refractivity contribution >= 4 is 39.1 Å². The molecule has 0 atom stereocenters. The maximum Gasteiger partial charge on any atom is 0.255 e. The SMILES string of the molecule is Cc1ccc(C(=O)NCc2cn3cc(Br)ccc3n2)cc1NC(=O)c1ccccc1. The molecule has 30 heavy (non-hydrogen) atoms. The Morgan fingerprint density at radius 2 is 1.77 bits per heavy atom. The summed E-state index contributed by atoms with van der Waals surface area (Å²) in [7, 11) is 0. The van der Waals surface area contributed by atoms with Crippen LogP contribution in [0.2, 0.25) is 0 Å². The third-order valence-corrected chi connectivity index (χ3v) is 5.15. The number of fused-ring (bicyclic) bond motifs is 1. The third kappa shape index (κ3) is 4.41. The van der Waals surface area contributed by atoms with Gasteiger partial charge in [0.2, 0.25) is 0 Å². The largest absolute Gasteiger partial charge is 0.346 e. The topological polar surface area (TPSA) is 75.5 Å². The second-order valence-electron chi connectivity index (χ2n) is 6.88. The minimum atomic E-state index is -0.233. The molecule has 0 radical (unpaired) electrons. The highest BCUT2D eigenvalue weighted by atomic mass is 79.9. The molecule has 2 heterocycles. The van der Waals surface area contributed by atoms with Crippen LogP contribution in [0, 0.1) is 6.92 Å². The molecule has 0 aliphatic rings. The van der Waals surface area contributed by atoms with Gasteiger partial charge in [0, 0.05) is 33.7 Å². The van der Waals surface area contributed by atoms with Gasteiger partial charge >= 0.3 is 0 Å². The molecule has 150 valence electrons. The zero-order valence-electron chi connectivity index (χ0n) is 16.2. The summed E-state index contributed by atoms with van der Waals surface area (Å²) in [6, 6.07) is 18.0. The summed E-state index contributed by atoms with van der Waals surface area (Å²) < 4.78 is 2.85. The van der Waals surface area contributed by atoms with Gasteiger partial charge < -0.3 is 15.0 Å². The Morgan fingerprint density at radius 3 is 2.57 bits per heavy atom. The first kappa shape index (κ1) is 19.8. The monoisotopic (exact) mass is 462 g/mol. The molecular formula is C23H19BrN4O2. The van der Waals surface area contributed by atoms with E-state index >= 15 is 0 Å². The molecule has 2 amide bonds. The van der Waals surface area contributed by atoms with Gasteiger partial charge in [0.25, 0.3) is 11.8 Å². The number of nitrogens with one attached hydrogen (secondary N) is 2. The summed E-state index contributed by atoms with van der Waals surface area (Å²) in [5.74, 6) is -0.449. The maximum absolute atomic E-state index is 12.6. The molecule has 7 heteroatoms. The molecular weight excluding hydrogens is 444 g/mol. The number of amides is 2. The van der Waals surface area contributed by atoms with Crippen molar-refractivity contribution in [3.63, 3.8) is 0 Å². The molecule has 4 aromatic rings. The van der Waals surface area contributed by atoms with Gasteiger partial charge in [-0.15, -0.1) is 0 Å². The van der Waals surface area contributed by atoms with Crippen LogP contribution >= 0.6 is 15.9 Å². The van der Waals surface area contributed by atoms with Crippen molar-refractivity contribution in [2.75, 3.05) is 5.32 Å². The van der Waals surface area contributed by atoms with Crippen LogP contribution in [0.15, 0.2) is 77.5 Å². The van der Waals surface area contributed by atoms with E-state index in [2.05, 4.69) is 31.5 Å². The van der Waals surface area contributed by atoms with Crippen molar-refractivity contribution in [2.24, 2.45) is 0 Å². The van der Waals surface area contributed by atoms with Crippen LogP contribution in [0.3, 0.4) is 0 Å². The Morgan fingerprint density at radius 1 is 0.967 bits per heavy atom. The molecule has 0 unspecified atom stereocenters. The molecule has 6 nitrogen and oxygen atoms in total. The third-order valence-electron chi connectivity index (χ3n) is 4.68. The molecule has 0 aliphatic carbocycles. The molecule has 0 spiro atoms. The number of aryl methyl sites for hydroxylation is 1. The number of rotatable bonds is 5. The highest BCUT2D eigenvalue weighted by Gasteiger charge is 2.12. The van der Waals surface area contributed by atoms with E-state index in [0.29, 0.717) is 23.4 Å². The van der Waals surface area contributed by atoms with Crippen molar-refractivity contribution in [3.8, 4) is 0 Å². The quantitative estimate of drug-likeness (QED) is 0.455. The van der Waals surface area contributed by atoms with Crippen LogP contribution in [-0.4, -0.2) is 21.2 Å². The van der Waals surface area contributed by atoms with E-state index in [1.807, 2.05) is 60.1 Å². The average Bonchev–Trinajstić information content (AvgIpc) is 3.16. The molecule has 2 aromatic carbocycles. The molecule has 4 rings (SSSR count). The number of anilines is 1. The zero-order chi connectivity index (χ0) is 21.1. The van der Waals surface area contributed by atoms with Gasteiger partial charge in [0.05, 0.1) is 12.2 Å². The summed E-state index contributed by atoms with van der Waals surface area (Å²) in [4.78, 5) is 29.6. The molecule has 0 saturated carbocycles. The highest BCUT2D eigenvalue weighted by Crippen LogP contribution is 2.18. The Bertz CT molecular complexity index is 1230. The van der Waals surface area contributed by atoms with Gasteiger partial charge in [-0.1, -0.05) is 24.3 Å². The zero-order valence-corrected chi connectivity index (χ0v) is 17.8. The number of pyridine rings is 1. The minimum Gasteiger partial charge on any atom is -0.346 e. The van der Waals surface area contributed by atoms with Gasteiger partial charge in [-0.25, -0.2) is 4.98 Å². The van der Waals surface area contributed by atoms with Gasteiger partial charge in [0.15, 0.2) is 0 Å². The predicted molar refractivity (Wildman–Crippen MR) is 120 cm³/mol. The van der Waals surface area contributed by atoms with Crippen molar-refractivity contribution in [3.05, 3.63) is 99.9 Å². The number of carbonyl (C=O) groups excluding carboxylic acids is 2. The lowest BCUT2D eigenvalue weighted by atomic mass is 10.1. The van der Waals surface area contributed by atoms with Crippen molar-refractivity contribution < 1.29 is 9.59 Å². The first-order chi connectivity index (χ1) is 14.5. The van der Waals surface area contributed by atoms with E-state index in [4.69, 9.17) is 0 Å². The molecule has 0 fully saturated rings. The van der Waals surface area contributed by atoms with Crippen LogP contribution in [0.5, 0.6) is 0 Å². The summed E-state index contributed by atoms with van der Waals surface area (Å²) >= 11 is 3.43. The lowest BCUT2D eigenvalue weighted by Crippen LogP contribution is -2.23. The number of nitrogens with zero attached hydrogens (tertiary/aromatic N) is 2. The summed E-state index contributed by atoms with van der Waals surface area (Å²) in [5, 5.41) is 5.76. The number of benzene rings is 2. The minimum absolute atomic E-state index is 0.216. The Hall–Kier alpha value is -3.45. The van der Waals surface area contributed by atoms with Gasteiger partial charge in [-0.05, 0) is 64.8 Å². The number of hydrogen-bond acceptors (Lipinski definition) is 3. The average molecular weight is 463 g/mol. The van der Waals surface area contributed by atoms with E-state index in [1.165, 1.54) is 0 Å². The standard InChI is InChI=1S/C23H19BrN4O2/c1-15-7-8-17(11-20(15)27-23(30)16-5-3-2-4-6-16)22(29)25-12-19-14-28-13-18(24)9-10-21(28)26-19/h2-11,13-14H,12H2,1H3,(H,25,29)(H,27,30). The van der Waals surface area contributed by atoms with Crippen molar-refractivity contribution in [1.29, 1.82) is 0 Å². The fourth-order valence-corrected chi connectivity index (χ4v) is 3.41. The molecule has 0 saturated heterocycles. The first-order valence-corrected chi connectivity index (χ1v) is 10.2. The molecule has 2 N–H and O–H groups in total. The summed E-state index contributed by atoms with van der Waals surface area (Å²) in [5.41, 5.74) is 4.08. The van der Waals surface area contributed by atoms with Crippen LogP contribution in [0.4, 0.5) is 5.69 Å². The number of imidazole rings is 1. The normalized spacial score (nSPS) is 10.7. The van der Waals surface area contributed by atoms with Gasteiger partial charge in [-0.2, -0.15) is 0 Å². The predicted octanol–water partition coefficient (Wildman–Crippen LogP) is 4.59.